The third-order valence-electron chi connectivity index (χ3n) is 3.38. The third kappa shape index (κ3) is 1.69. The molecule has 1 heterocycles. The highest BCUT2D eigenvalue weighted by Crippen LogP contribution is 2.32. The van der Waals surface area contributed by atoms with Crippen LogP contribution in [-0.2, 0) is 0 Å². The number of fused-ring (bicyclic) bond motifs is 3. The van der Waals surface area contributed by atoms with Gasteiger partial charge in [0.2, 0.25) is 5.89 Å². The van der Waals surface area contributed by atoms with E-state index in [-0.39, 0.29) is 0 Å². The molecule has 3 heteroatoms. The van der Waals surface area contributed by atoms with E-state index < -0.39 is 0 Å². The Balaban J connectivity index is 2.05. The molecule has 20 heavy (non-hydrogen) atoms. The maximum Gasteiger partial charge on any atom is 0.227 e. The molecule has 0 amide bonds. The van der Waals surface area contributed by atoms with Gasteiger partial charge in [-0.1, -0.05) is 41.9 Å². The van der Waals surface area contributed by atoms with Crippen LogP contribution >= 0.6 is 11.6 Å². The molecule has 2 nitrogen and oxygen atoms in total. The van der Waals surface area contributed by atoms with Crippen molar-refractivity contribution in [3.63, 3.8) is 0 Å². The van der Waals surface area contributed by atoms with Gasteiger partial charge in [0, 0.05) is 21.4 Å². The van der Waals surface area contributed by atoms with Crippen molar-refractivity contribution < 1.29 is 4.42 Å². The second kappa shape index (κ2) is 4.36. The van der Waals surface area contributed by atoms with Gasteiger partial charge in [-0.2, -0.15) is 0 Å². The van der Waals surface area contributed by atoms with Gasteiger partial charge in [-0.05, 0) is 30.3 Å². The molecule has 96 valence electrons. The first-order valence-electron chi connectivity index (χ1n) is 6.36. The van der Waals surface area contributed by atoms with Crippen molar-refractivity contribution in [1.29, 1.82) is 0 Å². The van der Waals surface area contributed by atoms with Crippen LogP contribution in [0.15, 0.2) is 65.1 Å². The minimum absolute atomic E-state index is 0.632. The summed E-state index contributed by atoms with van der Waals surface area (Å²) in [6.45, 7) is 0. The summed E-state index contributed by atoms with van der Waals surface area (Å²) in [5, 5.41) is 2.74. The second-order valence-corrected chi connectivity index (χ2v) is 5.04. The number of rotatable bonds is 1. The van der Waals surface area contributed by atoms with Crippen LogP contribution in [-0.4, -0.2) is 4.98 Å². The largest absolute Gasteiger partial charge is 0.436 e. The van der Waals surface area contributed by atoms with Gasteiger partial charge >= 0.3 is 0 Å². The molecule has 0 atom stereocenters. The summed E-state index contributed by atoms with van der Waals surface area (Å²) in [5.41, 5.74) is 2.60. The molecule has 3 aromatic carbocycles. The Labute approximate surface area is 120 Å². The summed E-state index contributed by atoms with van der Waals surface area (Å²) in [5.74, 6) is 0.632. The van der Waals surface area contributed by atoms with E-state index in [1.54, 1.807) is 0 Å². The van der Waals surface area contributed by atoms with E-state index in [1.165, 1.54) is 0 Å². The van der Waals surface area contributed by atoms with Gasteiger partial charge in [0.15, 0.2) is 5.58 Å². The zero-order valence-electron chi connectivity index (χ0n) is 10.5. The summed E-state index contributed by atoms with van der Waals surface area (Å²) in [4.78, 5) is 4.63. The van der Waals surface area contributed by atoms with E-state index >= 15 is 0 Å². The van der Waals surface area contributed by atoms with Crippen molar-refractivity contribution in [2.24, 2.45) is 0 Å². The zero-order valence-corrected chi connectivity index (χ0v) is 11.3. The molecule has 0 saturated carbocycles. The van der Waals surface area contributed by atoms with Crippen LogP contribution in [0.5, 0.6) is 0 Å². The van der Waals surface area contributed by atoms with Crippen molar-refractivity contribution in [1.82, 2.24) is 4.98 Å². The average molecular weight is 280 g/mol. The molecule has 0 N–H and O–H groups in total. The Morgan fingerprint density at radius 1 is 0.800 bits per heavy atom. The highest BCUT2D eigenvalue weighted by molar-refractivity contribution is 6.36. The quantitative estimate of drug-likeness (QED) is 0.472. The fraction of sp³-hybridized carbons (Fsp3) is 0. The second-order valence-electron chi connectivity index (χ2n) is 4.63. The first kappa shape index (κ1) is 11.5. The Morgan fingerprint density at radius 2 is 1.65 bits per heavy atom. The van der Waals surface area contributed by atoms with E-state index in [0.717, 1.165) is 32.5 Å². The molecule has 0 radical (unpaired) electrons. The monoisotopic (exact) mass is 279 g/mol. The Morgan fingerprint density at radius 3 is 2.50 bits per heavy atom. The molecule has 0 saturated heterocycles. The van der Waals surface area contributed by atoms with E-state index in [0.29, 0.717) is 5.89 Å². The number of aromatic nitrogens is 1. The number of hydrogen-bond donors (Lipinski definition) is 0. The van der Waals surface area contributed by atoms with Crippen molar-refractivity contribution >= 4 is 33.5 Å². The molecular formula is C17H10ClNO. The lowest BCUT2D eigenvalue weighted by molar-refractivity contribution is 0.620. The zero-order chi connectivity index (χ0) is 13.5. The van der Waals surface area contributed by atoms with Gasteiger partial charge in [0.05, 0.1) is 0 Å². The maximum atomic E-state index is 6.22. The smallest absolute Gasteiger partial charge is 0.227 e. The van der Waals surface area contributed by atoms with Crippen LogP contribution in [0.25, 0.3) is 33.3 Å². The van der Waals surface area contributed by atoms with Crippen molar-refractivity contribution in [2.75, 3.05) is 0 Å². The number of halogens is 1. The highest BCUT2D eigenvalue weighted by Gasteiger charge is 2.11. The van der Waals surface area contributed by atoms with Crippen molar-refractivity contribution in [2.45, 2.75) is 0 Å². The fourth-order valence-corrected chi connectivity index (χ4v) is 2.65. The summed E-state index contributed by atoms with van der Waals surface area (Å²) in [7, 11) is 0. The van der Waals surface area contributed by atoms with E-state index in [4.69, 9.17) is 16.0 Å². The van der Waals surface area contributed by atoms with E-state index in [9.17, 15) is 0 Å². The molecule has 4 aromatic rings. The molecule has 0 fully saturated rings. The van der Waals surface area contributed by atoms with Crippen LogP contribution in [0, 0.1) is 0 Å². The summed E-state index contributed by atoms with van der Waals surface area (Å²) < 4.78 is 5.85. The predicted molar refractivity (Wildman–Crippen MR) is 82.0 cm³/mol. The molecular weight excluding hydrogens is 270 g/mol. The molecule has 0 spiro atoms. The lowest BCUT2D eigenvalue weighted by atomic mass is 10.1. The van der Waals surface area contributed by atoms with Crippen LogP contribution in [0.1, 0.15) is 0 Å². The minimum Gasteiger partial charge on any atom is -0.436 e. The topological polar surface area (TPSA) is 26.0 Å². The first-order chi connectivity index (χ1) is 9.83. The maximum absolute atomic E-state index is 6.22. The lowest BCUT2D eigenvalue weighted by Crippen LogP contribution is -1.78. The Bertz CT molecular complexity index is 912. The van der Waals surface area contributed by atoms with Crippen LogP contribution in [0.2, 0.25) is 5.02 Å². The predicted octanol–water partition coefficient (Wildman–Crippen LogP) is 5.30. The molecule has 1 aromatic heterocycles. The average Bonchev–Trinajstić information content (AvgIpc) is 2.93. The van der Waals surface area contributed by atoms with Gasteiger partial charge in [0.25, 0.3) is 0 Å². The van der Waals surface area contributed by atoms with E-state index in [2.05, 4.69) is 4.98 Å². The standard InChI is InChI=1S/C17H10ClNO/c18-14-8-4-7-13-12(14)9-10-15-16(13)19-17(20-15)11-5-2-1-3-6-11/h1-10H. The van der Waals surface area contributed by atoms with E-state index in [1.807, 2.05) is 60.7 Å². The number of nitrogens with zero attached hydrogens (tertiary/aromatic N) is 1. The van der Waals surface area contributed by atoms with Gasteiger partial charge < -0.3 is 4.42 Å². The van der Waals surface area contributed by atoms with Crippen LogP contribution in [0.3, 0.4) is 0 Å². The first-order valence-corrected chi connectivity index (χ1v) is 6.74. The molecule has 0 aliphatic carbocycles. The van der Waals surface area contributed by atoms with Crippen LogP contribution in [0.4, 0.5) is 0 Å². The number of benzene rings is 3. The Hall–Kier alpha value is -2.32. The molecule has 0 unspecified atom stereocenters. The van der Waals surface area contributed by atoms with Crippen LogP contribution < -0.4 is 0 Å². The molecule has 0 bridgehead atoms. The van der Waals surface area contributed by atoms with Gasteiger partial charge in [-0.15, -0.1) is 0 Å². The molecule has 0 aliphatic heterocycles. The number of hydrogen-bond acceptors (Lipinski definition) is 2. The number of oxazole rings is 1. The molecule has 4 rings (SSSR count). The van der Waals surface area contributed by atoms with Gasteiger partial charge in [-0.25, -0.2) is 4.98 Å². The SMILES string of the molecule is Clc1cccc2c1ccc1oc(-c3ccccc3)nc12. The van der Waals surface area contributed by atoms with Gasteiger partial charge in [0.1, 0.15) is 5.52 Å². The van der Waals surface area contributed by atoms with Crippen molar-refractivity contribution in [3.8, 4) is 11.5 Å². The van der Waals surface area contributed by atoms with Crippen molar-refractivity contribution in [3.05, 3.63) is 65.7 Å². The third-order valence-corrected chi connectivity index (χ3v) is 3.71. The summed E-state index contributed by atoms with van der Waals surface area (Å²) >= 11 is 6.22. The van der Waals surface area contributed by atoms with Gasteiger partial charge in [-0.3, -0.25) is 0 Å². The Kier molecular flexibility index (Phi) is 2.51. The summed E-state index contributed by atoms with van der Waals surface area (Å²) in [6, 6.07) is 19.6. The fourth-order valence-electron chi connectivity index (χ4n) is 2.41. The normalized spacial score (nSPS) is 11.2. The highest BCUT2D eigenvalue weighted by atomic mass is 35.5. The molecule has 0 aliphatic rings. The minimum atomic E-state index is 0.632. The summed E-state index contributed by atoms with van der Waals surface area (Å²) in [6.07, 6.45) is 0. The lowest BCUT2D eigenvalue weighted by Gasteiger charge is -1.99.